The lowest BCUT2D eigenvalue weighted by Gasteiger charge is -2.18. The zero-order chi connectivity index (χ0) is 82.9. The van der Waals surface area contributed by atoms with Gasteiger partial charge in [0.25, 0.3) is 0 Å². The first-order valence-electron chi connectivity index (χ1n) is 41.6. The second kappa shape index (κ2) is 29.9. The minimum atomic E-state index is 0.636. The first-order valence-corrected chi connectivity index (χ1v) is 44.0. The topological polar surface area (TPSA) is 144 Å². The maximum Gasteiger partial charge on any atom is 0.164 e. The molecule has 18 aromatic carbocycles. The van der Waals surface area contributed by atoms with E-state index in [1.54, 1.807) is 0 Å². The van der Waals surface area contributed by atoms with Crippen molar-refractivity contribution in [1.29, 1.82) is 0 Å². The molecule has 0 aliphatic carbocycles. The maximum absolute atomic E-state index is 6.57. The fraction of sp³-hybridized carbons (Fsp3) is 0. The zero-order valence-corrected chi connectivity index (χ0v) is 69.3. The lowest BCUT2D eigenvalue weighted by atomic mass is 9.93. The largest absolute Gasteiger partial charge is 0.456 e. The molecule has 6 aromatic heterocycles. The van der Waals surface area contributed by atoms with Gasteiger partial charge >= 0.3 is 0 Å². The van der Waals surface area contributed by atoms with E-state index in [0.717, 1.165) is 107 Å². The van der Waals surface area contributed by atoms with Crippen LogP contribution in [0.4, 0.5) is 0 Å². The van der Waals surface area contributed by atoms with Crippen LogP contribution in [0.2, 0.25) is 0 Å². The summed E-state index contributed by atoms with van der Waals surface area (Å²) in [5, 5.41) is 14.7. The van der Waals surface area contributed by atoms with Crippen molar-refractivity contribution in [3.8, 4) is 170 Å². The van der Waals surface area contributed by atoms with Crippen molar-refractivity contribution in [2.24, 2.45) is 0 Å². The molecule has 0 bridgehead atoms. The van der Waals surface area contributed by atoms with Crippen molar-refractivity contribution in [1.82, 2.24) is 44.9 Å². The minimum absolute atomic E-state index is 0.636. The molecule has 3 aliphatic heterocycles. The average molecular weight is 1670 g/mol. The number of hydrogen-bond donors (Lipinski definition) is 0. The van der Waals surface area contributed by atoms with Crippen LogP contribution in [0.25, 0.3) is 229 Å². The number of aromatic nitrogens is 9. The van der Waals surface area contributed by atoms with Gasteiger partial charge in [-0.05, 0) is 122 Å². The summed E-state index contributed by atoms with van der Waals surface area (Å²) in [4.78, 5) is 44.1. The normalized spacial score (nSPS) is 12.0. The third kappa shape index (κ3) is 12.5. The Kier molecular flexibility index (Phi) is 17.2. The number of thiophene rings is 3. The van der Waals surface area contributed by atoms with Crippen molar-refractivity contribution >= 4 is 127 Å². The first kappa shape index (κ1) is 72.6. The van der Waals surface area contributed by atoms with Crippen molar-refractivity contribution < 1.29 is 14.2 Å². The van der Waals surface area contributed by atoms with E-state index in [0.29, 0.717) is 52.4 Å². The number of hydrogen-bond acceptors (Lipinski definition) is 15. The number of rotatable bonds is 12. The van der Waals surface area contributed by atoms with Gasteiger partial charge in [-0.1, -0.05) is 309 Å². The quantitative estimate of drug-likeness (QED) is 0.115. The Labute approximate surface area is 733 Å². The van der Waals surface area contributed by atoms with Crippen LogP contribution in [0.3, 0.4) is 0 Å². The minimum Gasteiger partial charge on any atom is -0.456 e. The summed E-state index contributed by atoms with van der Waals surface area (Å²) >= 11 is 5.46. The van der Waals surface area contributed by atoms with Gasteiger partial charge in [-0.15, -0.1) is 34.0 Å². The Balaban J connectivity index is 0.000000103. The highest BCUT2D eigenvalue weighted by molar-refractivity contribution is 7.27. The van der Waals surface area contributed by atoms with E-state index in [2.05, 4.69) is 194 Å². The summed E-state index contributed by atoms with van der Waals surface area (Å²) < 4.78 is 26.9. The molecule has 0 unspecified atom stereocenters. The van der Waals surface area contributed by atoms with Gasteiger partial charge in [0.05, 0.1) is 0 Å². The van der Waals surface area contributed by atoms with E-state index in [1.807, 2.05) is 222 Å². The van der Waals surface area contributed by atoms with Gasteiger partial charge in [0.1, 0.15) is 34.5 Å². The van der Waals surface area contributed by atoms with Crippen LogP contribution in [0.1, 0.15) is 0 Å². The molecule has 3 aliphatic rings. The second-order valence-corrected chi connectivity index (χ2v) is 34.5. The van der Waals surface area contributed by atoms with Crippen LogP contribution in [0, 0.1) is 0 Å². The van der Waals surface area contributed by atoms with Crippen LogP contribution in [-0.4, -0.2) is 44.9 Å². The Bertz CT molecular complexity index is 8320. The highest BCUT2D eigenvalue weighted by Crippen LogP contribution is 2.56. The molecule has 24 aromatic rings. The SMILES string of the molecule is c1ccc(-c2nc(-c3ccccc3)nc(-c3ccc(-c4cc5sc6cccc7c6c5c5c(cccc45)O7)cc3)n2)cc1.c1ccc(-c2nc(-c3ccccc3)nc(-c3ccc(-c4ccc5c6c4ccc4sc7cccc(c7c46)O5)cc3)n2)cc1.c1ccc(-c2nc(-c3ccccc3)nc(-c3ccccc3-c3cc4c5c(c3)sc3ccc6cccc(c6c35)O4)n2)cc1. The molecule has 27 rings (SSSR count). The first-order chi connectivity index (χ1) is 62.4. The summed E-state index contributed by atoms with van der Waals surface area (Å²) in [6.45, 7) is 0. The smallest absolute Gasteiger partial charge is 0.164 e. The predicted octanol–water partition coefficient (Wildman–Crippen LogP) is 30.5. The van der Waals surface area contributed by atoms with E-state index >= 15 is 0 Å². The van der Waals surface area contributed by atoms with E-state index in [9.17, 15) is 0 Å². The molecule has 0 saturated carbocycles. The average Bonchev–Trinajstić information content (AvgIpc) is 1.57. The van der Waals surface area contributed by atoms with Gasteiger partial charge in [-0.2, -0.15) is 0 Å². The Hall–Kier alpha value is -16.2. The van der Waals surface area contributed by atoms with Gasteiger partial charge < -0.3 is 14.2 Å². The lowest BCUT2D eigenvalue weighted by Crippen LogP contribution is -2.01. The van der Waals surface area contributed by atoms with E-state index in [-0.39, 0.29) is 0 Å². The van der Waals surface area contributed by atoms with E-state index in [4.69, 9.17) is 59.1 Å². The molecule has 0 fully saturated rings. The summed E-state index contributed by atoms with van der Waals surface area (Å²) in [7, 11) is 0. The molecule has 15 heteroatoms. The number of ether oxygens (including phenoxy) is 3. The number of benzene rings is 18. The third-order valence-corrected chi connectivity index (χ3v) is 27.1. The molecule has 0 amide bonds. The van der Waals surface area contributed by atoms with Crippen molar-refractivity contribution in [2.75, 3.05) is 0 Å². The molecule has 0 radical (unpaired) electrons. The van der Waals surface area contributed by atoms with Crippen molar-refractivity contribution in [3.63, 3.8) is 0 Å². The van der Waals surface area contributed by atoms with Crippen LogP contribution < -0.4 is 14.2 Å². The van der Waals surface area contributed by atoms with Gasteiger partial charge in [-0.3, -0.25) is 0 Å². The summed E-state index contributed by atoms with van der Waals surface area (Å²) in [6.07, 6.45) is 0. The van der Waals surface area contributed by atoms with Crippen LogP contribution in [-0.2, 0) is 0 Å². The Morgan fingerprint density at radius 3 is 0.944 bits per heavy atom. The number of nitrogens with zero attached hydrogens (tertiary/aromatic N) is 9. The zero-order valence-electron chi connectivity index (χ0n) is 66.8. The van der Waals surface area contributed by atoms with Gasteiger partial charge in [0.2, 0.25) is 0 Å². The second-order valence-electron chi connectivity index (χ2n) is 31.3. The van der Waals surface area contributed by atoms with E-state index < -0.39 is 0 Å². The Morgan fingerprint density at radius 2 is 0.468 bits per heavy atom. The molecule has 0 spiro atoms. The maximum atomic E-state index is 6.57. The van der Waals surface area contributed by atoms with Crippen molar-refractivity contribution in [2.45, 2.75) is 0 Å². The third-order valence-electron chi connectivity index (χ3n) is 23.8. The standard InChI is InChI=1S/3C37H21N3OS/c1-3-9-23(10-4-1)35-38-36(24-11-5-2-6-12-24)40-37(39-35)25-19-17-22(18-20-25)27-21-31-34-32-26(27)13-7-14-28(32)41-29-15-8-16-30(42-31)33(29)34;1-3-10-23(11-4-1)35-38-36(24-12-5-2-6-13-24)40-37(39-35)27-16-8-7-15-26(27)25-20-29-33-31(21-25)42-30-19-18-22-14-9-17-28(41-29)32(22)34(30)33;1-3-8-23(9-4-1)35-38-36(24-10-5-2-6-11-24)40-37(39-35)25-16-14-22(15-17-25)26-18-20-29-32-27(26)19-21-31-34(32)33-28(41-29)12-7-13-30(33)42-31/h3*1-21H. The molecule has 126 heavy (non-hydrogen) atoms. The molecule has 588 valence electrons. The molecule has 0 atom stereocenters. The van der Waals surface area contributed by atoms with Gasteiger partial charge in [-0.25, -0.2) is 44.9 Å². The Morgan fingerprint density at radius 1 is 0.151 bits per heavy atom. The van der Waals surface area contributed by atoms with E-state index in [1.165, 1.54) is 104 Å². The molecular weight excluding hydrogens is 1600 g/mol. The molecule has 12 nitrogen and oxygen atoms in total. The monoisotopic (exact) mass is 1670 g/mol. The predicted molar refractivity (Wildman–Crippen MR) is 516 cm³/mol. The molecule has 0 saturated heterocycles. The molecule has 9 heterocycles. The fourth-order valence-corrected chi connectivity index (χ4v) is 21.4. The lowest BCUT2D eigenvalue weighted by molar-refractivity contribution is 0.493. The molecule has 0 N–H and O–H groups in total. The van der Waals surface area contributed by atoms with Crippen LogP contribution in [0.15, 0.2) is 382 Å². The van der Waals surface area contributed by atoms with Gasteiger partial charge in [0, 0.05) is 127 Å². The highest BCUT2D eigenvalue weighted by Gasteiger charge is 2.29. The van der Waals surface area contributed by atoms with Crippen LogP contribution in [0.5, 0.6) is 34.5 Å². The summed E-state index contributed by atoms with van der Waals surface area (Å²) in [5.74, 6) is 11.4. The fourth-order valence-electron chi connectivity index (χ4n) is 17.9. The van der Waals surface area contributed by atoms with Crippen LogP contribution >= 0.6 is 34.0 Å². The van der Waals surface area contributed by atoms with Gasteiger partial charge in [0.15, 0.2) is 52.4 Å². The summed E-state index contributed by atoms with van der Waals surface area (Å²) in [6, 6.07) is 131. The highest BCUT2D eigenvalue weighted by atomic mass is 32.1. The summed E-state index contributed by atoms with van der Waals surface area (Å²) in [5.41, 5.74) is 15.3. The molecular formula is C111H63N9O3S3. The van der Waals surface area contributed by atoms with Crippen molar-refractivity contribution in [3.05, 3.63) is 382 Å².